The van der Waals surface area contributed by atoms with Gasteiger partial charge in [-0.2, -0.15) is 12.6 Å². The van der Waals surface area contributed by atoms with Crippen molar-refractivity contribution in [3.8, 4) is 5.69 Å². The summed E-state index contributed by atoms with van der Waals surface area (Å²) in [7, 11) is 2.16. The highest BCUT2D eigenvalue weighted by Crippen LogP contribution is 2.45. The number of nitrogens with two attached hydrogens (primary N) is 1. The SMILES string of the molecule is C=C1/C=C\c2c(c3cccc(C/C=C\C=C/N)c3n2-c2ccccc2)Sc2ccccc21.CC.CC1CC=CN(C)C2C=CC=CC12.CS. The predicted molar refractivity (Wildman–Crippen MR) is 221 cm³/mol. The van der Waals surface area contributed by atoms with Crippen LogP contribution in [-0.2, 0) is 6.42 Å². The zero-order chi connectivity index (χ0) is 35.2. The molecule has 3 heterocycles. The maximum absolute atomic E-state index is 5.49. The third-order valence-electron chi connectivity index (χ3n) is 8.78. The topological polar surface area (TPSA) is 34.2 Å². The lowest BCUT2D eigenvalue weighted by Crippen LogP contribution is -2.34. The zero-order valence-corrected chi connectivity index (χ0v) is 31.2. The Morgan fingerprint density at radius 1 is 0.918 bits per heavy atom. The zero-order valence-electron chi connectivity index (χ0n) is 29.5. The van der Waals surface area contributed by atoms with Crippen LogP contribution in [0, 0.1) is 11.8 Å². The molecule has 3 atom stereocenters. The van der Waals surface area contributed by atoms with Gasteiger partial charge in [0.25, 0.3) is 0 Å². The molecule has 254 valence electrons. The number of allylic oxidation sites excluding steroid dienone is 8. The molecule has 3 aliphatic rings. The highest BCUT2D eigenvalue weighted by Gasteiger charge is 2.27. The van der Waals surface area contributed by atoms with Gasteiger partial charge < -0.3 is 15.2 Å². The summed E-state index contributed by atoms with van der Waals surface area (Å²) in [5.74, 6) is 1.44. The maximum Gasteiger partial charge on any atom is 0.0608 e. The van der Waals surface area contributed by atoms with Crippen molar-refractivity contribution in [2.75, 3.05) is 13.3 Å². The van der Waals surface area contributed by atoms with E-state index < -0.39 is 0 Å². The fourth-order valence-electron chi connectivity index (χ4n) is 6.45. The molecule has 1 aliphatic carbocycles. The van der Waals surface area contributed by atoms with Crippen molar-refractivity contribution in [3.63, 3.8) is 0 Å². The number of likely N-dealkylation sites (N-methyl/N-ethyl adjacent to an activating group) is 1. The van der Waals surface area contributed by atoms with E-state index in [9.17, 15) is 0 Å². The van der Waals surface area contributed by atoms with Crippen LogP contribution in [0.1, 0.15) is 44.0 Å². The number of aromatic nitrogens is 1. The minimum absolute atomic E-state index is 0.568. The van der Waals surface area contributed by atoms with Crippen LogP contribution >= 0.6 is 24.4 Å². The first kappa shape index (κ1) is 37.5. The molecule has 0 saturated carbocycles. The van der Waals surface area contributed by atoms with E-state index in [1.807, 2.05) is 37.8 Å². The molecule has 3 nitrogen and oxygen atoms in total. The molecular weight excluding hydrogens is 635 g/mol. The first-order chi connectivity index (χ1) is 24.1. The van der Waals surface area contributed by atoms with Crippen molar-refractivity contribution in [2.24, 2.45) is 17.6 Å². The van der Waals surface area contributed by atoms with Gasteiger partial charge in [0.2, 0.25) is 0 Å². The van der Waals surface area contributed by atoms with Gasteiger partial charge >= 0.3 is 0 Å². The predicted octanol–water partition coefficient (Wildman–Crippen LogP) is 11.5. The highest BCUT2D eigenvalue weighted by atomic mass is 32.2. The Kier molecular flexibility index (Phi) is 14.6. The summed E-state index contributed by atoms with van der Waals surface area (Å²) >= 11 is 5.36. The van der Waals surface area contributed by atoms with Crippen molar-refractivity contribution in [1.82, 2.24) is 9.47 Å². The Morgan fingerprint density at radius 2 is 1.65 bits per heavy atom. The quantitative estimate of drug-likeness (QED) is 0.166. The molecule has 1 aromatic heterocycles. The molecule has 5 heteroatoms. The lowest BCUT2D eigenvalue weighted by atomic mass is 9.83. The first-order valence-corrected chi connectivity index (χ1v) is 18.9. The third kappa shape index (κ3) is 8.83. The molecular formula is C44H51N3S2. The molecule has 4 aromatic rings. The second-order valence-electron chi connectivity index (χ2n) is 11.8. The second-order valence-corrected chi connectivity index (χ2v) is 12.8. The van der Waals surface area contributed by atoms with Crippen LogP contribution in [0.2, 0.25) is 0 Å². The normalized spacial score (nSPS) is 19.6. The summed E-state index contributed by atoms with van der Waals surface area (Å²) in [6.07, 6.45) is 29.1. The average Bonchev–Trinajstić information content (AvgIpc) is 3.38. The number of hydrogen-bond acceptors (Lipinski definition) is 4. The van der Waals surface area contributed by atoms with Gasteiger partial charge in [-0.1, -0.05) is 142 Å². The molecule has 0 radical (unpaired) electrons. The Hall–Kier alpha value is -4.32. The van der Waals surface area contributed by atoms with Crippen LogP contribution in [0.3, 0.4) is 0 Å². The van der Waals surface area contributed by atoms with Crippen molar-refractivity contribution in [2.45, 2.75) is 49.4 Å². The van der Waals surface area contributed by atoms with E-state index in [1.165, 1.54) is 43.9 Å². The Balaban J connectivity index is 0.000000265. The monoisotopic (exact) mass is 685 g/mol. The van der Waals surface area contributed by atoms with Gasteiger partial charge in [0.1, 0.15) is 0 Å². The molecule has 2 aliphatic heterocycles. The van der Waals surface area contributed by atoms with Gasteiger partial charge in [-0.25, -0.2) is 0 Å². The van der Waals surface area contributed by atoms with E-state index in [0.717, 1.165) is 23.6 Å². The number of para-hydroxylation sites is 2. The fourth-order valence-corrected chi connectivity index (χ4v) is 7.66. The highest BCUT2D eigenvalue weighted by molar-refractivity contribution is 7.99. The summed E-state index contributed by atoms with van der Waals surface area (Å²) in [5, 5.41) is 1.26. The average molecular weight is 686 g/mol. The Bertz CT molecular complexity index is 1860. The van der Waals surface area contributed by atoms with E-state index in [0.29, 0.717) is 12.0 Å². The van der Waals surface area contributed by atoms with Gasteiger partial charge in [-0.15, -0.1) is 0 Å². The van der Waals surface area contributed by atoms with E-state index in [4.69, 9.17) is 5.73 Å². The molecule has 7 rings (SSSR count). The number of rotatable bonds is 4. The van der Waals surface area contributed by atoms with E-state index >= 15 is 0 Å². The summed E-state index contributed by atoms with van der Waals surface area (Å²) in [6.45, 7) is 10.7. The van der Waals surface area contributed by atoms with Crippen molar-refractivity contribution in [3.05, 3.63) is 163 Å². The standard InChI is InChI=1S/C29H24N2S.C12H17N.C2H6.CH4S/c1-21-18-19-26-29(32-27-17-8-7-15-24(21)27)25-16-10-12-22(11-4-3-9-20-30)28(25)31(26)23-13-5-2-6-14-23;1-10-6-5-9-13(2)12-8-4-3-7-11(10)12;2*1-2/h2-10,12-20H,1,11,30H2;3-5,7-12H,6H2,1-2H3;1-2H3;2H,1H3/b4-3-,19-18-,20-9-;;;. The minimum atomic E-state index is 0.568. The van der Waals surface area contributed by atoms with Crippen LogP contribution < -0.4 is 5.73 Å². The van der Waals surface area contributed by atoms with Gasteiger partial charge in [0.05, 0.1) is 17.3 Å². The molecule has 0 bridgehead atoms. The molecule has 0 saturated heterocycles. The number of thiol groups is 1. The van der Waals surface area contributed by atoms with Crippen molar-refractivity contribution >= 4 is 46.9 Å². The summed E-state index contributed by atoms with van der Waals surface area (Å²) in [5.41, 5.74) is 12.6. The summed E-state index contributed by atoms with van der Waals surface area (Å²) < 4.78 is 2.39. The third-order valence-corrected chi connectivity index (χ3v) is 9.99. The lowest BCUT2D eigenvalue weighted by Gasteiger charge is -2.32. The van der Waals surface area contributed by atoms with Crippen LogP contribution in [0.5, 0.6) is 0 Å². The van der Waals surface area contributed by atoms with Gasteiger partial charge in [0.15, 0.2) is 0 Å². The molecule has 3 unspecified atom stereocenters. The van der Waals surface area contributed by atoms with Gasteiger partial charge in [-0.05, 0) is 84.5 Å². The lowest BCUT2D eigenvalue weighted by molar-refractivity contribution is 0.272. The van der Waals surface area contributed by atoms with Crippen molar-refractivity contribution < 1.29 is 0 Å². The largest absolute Gasteiger partial charge is 0.405 e. The van der Waals surface area contributed by atoms with Crippen molar-refractivity contribution in [1.29, 1.82) is 0 Å². The summed E-state index contributed by atoms with van der Waals surface area (Å²) in [4.78, 5) is 4.81. The van der Waals surface area contributed by atoms with Crippen LogP contribution in [0.25, 0.3) is 28.2 Å². The van der Waals surface area contributed by atoms with E-state index in [1.54, 1.807) is 12.5 Å². The fraction of sp³-hybridized carbons (Fsp3) is 0.227. The number of hydrogen-bond donors (Lipinski definition) is 2. The molecule has 0 fully saturated rings. The maximum atomic E-state index is 5.49. The van der Waals surface area contributed by atoms with Crippen LogP contribution in [0.4, 0.5) is 0 Å². The number of benzene rings is 3. The molecule has 0 amide bonds. The Morgan fingerprint density at radius 3 is 2.43 bits per heavy atom. The number of fused-ring (bicyclic) bond motifs is 5. The minimum Gasteiger partial charge on any atom is -0.405 e. The Labute approximate surface area is 304 Å². The van der Waals surface area contributed by atoms with Crippen LogP contribution in [0.15, 0.2) is 156 Å². The number of nitrogens with zero attached hydrogens (tertiary/aromatic N) is 2. The van der Waals surface area contributed by atoms with Gasteiger partial charge in [-0.3, -0.25) is 0 Å². The van der Waals surface area contributed by atoms with Gasteiger partial charge in [0, 0.05) is 33.8 Å². The first-order valence-electron chi connectivity index (χ1n) is 17.1. The second kappa shape index (κ2) is 19.0. The smallest absolute Gasteiger partial charge is 0.0608 e. The molecule has 3 aromatic carbocycles. The molecule has 2 N–H and O–H groups in total. The molecule has 0 spiro atoms. The summed E-state index contributed by atoms with van der Waals surface area (Å²) in [6, 6.07) is 26.3. The van der Waals surface area contributed by atoms with Crippen LogP contribution in [-0.4, -0.2) is 28.8 Å². The van der Waals surface area contributed by atoms with E-state index in [2.05, 4.69) is 170 Å². The van der Waals surface area contributed by atoms with E-state index in [-0.39, 0.29) is 0 Å². The molecule has 49 heavy (non-hydrogen) atoms.